The Bertz CT molecular complexity index is 652. The lowest BCUT2D eigenvalue weighted by Crippen LogP contribution is -2.57. The van der Waals surface area contributed by atoms with Crippen molar-refractivity contribution in [3.63, 3.8) is 0 Å². The second-order valence-corrected chi connectivity index (χ2v) is 8.69. The highest BCUT2D eigenvalue weighted by atomic mass is 16.3. The van der Waals surface area contributed by atoms with Crippen LogP contribution in [0.25, 0.3) is 0 Å². The Hall–Kier alpha value is -1.47. The Balaban J connectivity index is 1.41. The lowest BCUT2D eigenvalue weighted by atomic mass is 9.75. The van der Waals surface area contributed by atoms with E-state index < -0.39 is 5.60 Å². The first-order valence-electron chi connectivity index (χ1n) is 10.0. The fraction of sp³-hybridized carbons (Fsp3) is 0.842. The highest BCUT2D eigenvalue weighted by molar-refractivity contribution is 5.79. The summed E-state index contributed by atoms with van der Waals surface area (Å²) in [4.78, 5) is 16.6. The molecular weight excluding hydrogens is 330 g/mol. The van der Waals surface area contributed by atoms with Gasteiger partial charge < -0.3 is 10.0 Å². The van der Waals surface area contributed by atoms with E-state index >= 15 is 0 Å². The Labute approximate surface area is 155 Å². The lowest BCUT2D eigenvalue weighted by Gasteiger charge is -2.49. The van der Waals surface area contributed by atoms with Crippen LogP contribution in [0.1, 0.15) is 50.6 Å². The first-order valence-corrected chi connectivity index (χ1v) is 10.0. The summed E-state index contributed by atoms with van der Waals surface area (Å²) >= 11 is 0. The van der Waals surface area contributed by atoms with Gasteiger partial charge in [-0.1, -0.05) is 24.5 Å². The van der Waals surface area contributed by atoms with Crippen LogP contribution < -0.4 is 0 Å². The molecule has 2 bridgehead atoms. The van der Waals surface area contributed by atoms with Gasteiger partial charge in [0.25, 0.3) is 0 Å². The van der Waals surface area contributed by atoms with Crippen LogP contribution in [0.5, 0.6) is 0 Å². The van der Waals surface area contributed by atoms with Crippen molar-refractivity contribution in [2.45, 2.75) is 63.1 Å². The number of nitrogens with zero attached hydrogens (tertiary/aromatic N) is 5. The van der Waals surface area contributed by atoms with Gasteiger partial charge in [0.2, 0.25) is 5.91 Å². The van der Waals surface area contributed by atoms with Crippen LogP contribution in [0, 0.1) is 11.8 Å². The number of hydrogen-bond acceptors (Lipinski definition) is 5. The standard InChI is InChI=1S/C19H31N5O2/c1-22(2)18(25)16-12-23-9-6-14(16)10-15(23)11-24-13-17(20-21-24)19(26)7-4-3-5-8-19/h13-16,26H,3-12H2,1-2H3/t14?,15-,16+/m1/s1. The minimum Gasteiger partial charge on any atom is -0.383 e. The summed E-state index contributed by atoms with van der Waals surface area (Å²) in [6.07, 6.45) is 8.99. The van der Waals surface area contributed by atoms with Crippen LogP contribution in [0.3, 0.4) is 0 Å². The fourth-order valence-corrected chi connectivity index (χ4v) is 5.15. The molecule has 1 aliphatic carbocycles. The van der Waals surface area contributed by atoms with Gasteiger partial charge in [-0.2, -0.15) is 0 Å². The van der Waals surface area contributed by atoms with E-state index in [4.69, 9.17) is 0 Å². The Morgan fingerprint density at radius 3 is 2.77 bits per heavy atom. The normalized spacial score (nSPS) is 33.2. The van der Waals surface area contributed by atoms with Crippen molar-refractivity contribution in [2.24, 2.45) is 11.8 Å². The quantitative estimate of drug-likeness (QED) is 0.873. The summed E-state index contributed by atoms with van der Waals surface area (Å²) in [7, 11) is 3.70. The van der Waals surface area contributed by atoms with Crippen LogP contribution in [0.2, 0.25) is 0 Å². The molecule has 0 aromatic carbocycles. The molecule has 0 spiro atoms. The number of carbonyl (C=O) groups excluding carboxylic acids is 1. The van der Waals surface area contributed by atoms with Crippen LogP contribution in [0.4, 0.5) is 0 Å². The van der Waals surface area contributed by atoms with E-state index in [1.807, 2.05) is 25.0 Å². The smallest absolute Gasteiger partial charge is 0.226 e. The molecule has 0 radical (unpaired) electrons. The van der Waals surface area contributed by atoms with Crippen molar-refractivity contribution >= 4 is 5.91 Å². The zero-order valence-corrected chi connectivity index (χ0v) is 16.0. The molecule has 1 aromatic rings. The number of aliphatic hydroxyl groups is 1. The average molecular weight is 361 g/mol. The molecular formula is C19H31N5O2. The highest BCUT2D eigenvalue weighted by Crippen LogP contribution is 2.38. The van der Waals surface area contributed by atoms with E-state index in [1.165, 1.54) is 6.42 Å². The van der Waals surface area contributed by atoms with Crippen molar-refractivity contribution in [1.82, 2.24) is 24.8 Å². The molecule has 26 heavy (non-hydrogen) atoms. The first-order chi connectivity index (χ1) is 12.5. The molecule has 1 amide bonds. The van der Waals surface area contributed by atoms with Crippen LogP contribution in [0.15, 0.2) is 6.20 Å². The highest BCUT2D eigenvalue weighted by Gasteiger charge is 2.44. The van der Waals surface area contributed by atoms with E-state index in [1.54, 1.807) is 4.90 Å². The minimum absolute atomic E-state index is 0.143. The van der Waals surface area contributed by atoms with E-state index in [0.717, 1.165) is 63.9 Å². The van der Waals surface area contributed by atoms with E-state index in [-0.39, 0.29) is 11.8 Å². The third-order valence-electron chi connectivity index (χ3n) is 6.73. The SMILES string of the molecule is CN(C)C(=O)[C@H]1CN2CCC1C[C@@H]2Cn1cc(C2(O)CCCCC2)nn1. The average Bonchev–Trinajstić information content (AvgIpc) is 3.11. The van der Waals surface area contributed by atoms with E-state index in [2.05, 4.69) is 15.2 Å². The predicted octanol–water partition coefficient (Wildman–Crippen LogP) is 1.23. The number of rotatable bonds is 4. The molecule has 3 saturated heterocycles. The molecule has 144 valence electrons. The molecule has 4 aliphatic rings. The maximum atomic E-state index is 12.4. The number of hydrogen-bond donors (Lipinski definition) is 1. The molecule has 4 atom stereocenters. The summed E-state index contributed by atoms with van der Waals surface area (Å²) in [5.74, 6) is 0.885. The van der Waals surface area contributed by atoms with Crippen LogP contribution in [-0.2, 0) is 16.9 Å². The summed E-state index contributed by atoms with van der Waals surface area (Å²) < 4.78 is 1.90. The molecule has 7 nitrogen and oxygen atoms in total. The second kappa shape index (κ2) is 6.93. The number of piperidine rings is 3. The molecule has 1 N–H and O–H groups in total. The maximum Gasteiger partial charge on any atom is 0.226 e. The Kier molecular flexibility index (Phi) is 4.77. The van der Waals surface area contributed by atoms with Gasteiger partial charge in [-0.15, -0.1) is 5.10 Å². The summed E-state index contributed by atoms with van der Waals surface area (Å²) in [6.45, 7) is 2.72. The molecule has 7 heteroatoms. The predicted molar refractivity (Wildman–Crippen MR) is 97.3 cm³/mol. The molecule has 5 rings (SSSR count). The number of fused-ring (bicyclic) bond motifs is 3. The molecule has 4 fully saturated rings. The van der Waals surface area contributed by atoms with Gasteiger partial charge in [0, 0.05) is 26.7 Å². The molecule has 1 aromatic heterocycles. The number of amides is 1. The van der Waals surface area contributed by atoms with Crippen LogP contribution in [-0.4, -0.2) is 69.0 Å². The minimum atomic E-state index is -0.786. The maximum absolute atomic E-state index is 12.4. The van der Waals surface area contributed by atoms with Gasteiger partial charge in [0.1, 0.15) is 11.3 Å². The van der Waals surface area contributed by atoms with Gasteiger partial charge in [-0.3, -0.25) is 14.4 Å². The van der Waals surface area contributed by atoms with E-state index in [9.17, 15) is 9.90 Å². The summed E-state index contributed by atoms with van der Waals surface area (Å²) in [5, 5.41) is 19.4. The fourth-order valence-electron chi connectivity index (χ4n) is 5.15. The monoisotopic (exact) mass is 361 g/mol. The lowest BCUT2D eigenvalue weighted by molar-refractivity contribution is -0.141. The molecule has 2 unspecified atom stereocenters. The van der Waals surface area contributed by atoms with Gasteiger partial charge in [0.05, 0.1) is 18.7 Å². The Morgan fingerprint density at radius 2 is 2.12 bits per heavy atom. The third kappa shape index (κ3) is 3.27. The van der Waals surface area contributed by atoms with Gasteiger partial charge in [-0.25, -0.2) is 0 Å². The van der Waals surface area contributed by atoms with Gasteiger partial charge in [-0.05, 0) is 38.1 Å². The number of aromatic nitrogens is 3. The molecule has 3 aliphatic heterocycles. The number of carbonyl (C=O) groups is 1. The summed E-state index contributed by atoms with van der Waals surface area (Å²) in [5.41, 5.74) is -0.0557. The van der Waals surface area contributed by atoms with Crippen molar-refractivity contribution in [3.05, 3.63) is 11.9 Å². The molecule has 1 saturated carbocycles. The van der Waals surface area contributed by atoms with Crippen molar-refractivity contribution in [1.29, 1.82) is 0 Å². The van der Waals surface area contributed by atoms with Gasteiger partial charge >= 0.3 is 0 Å². The van der Waals surface area contributed by atoms with Crippen molar-refractivity contribution < 1.29 is 9.90 Å². The summed E-state index contributed by atoms with van der Waals surface area (Å²) in [6, 6.07) is 0.413. The second-order valence-electron chi connectivity index (χ2n) is 8.69. The zero-order chi connectivity index (χ0) is 18.3. The largest absolute Gasteiger partial charge is 0.383 e. The molecule has 4 heterocycles. The first kappa shape index (κ1) is 17.9. The zero-order valence-electron chi connectivity index (χ0n) is 16.0. The van der Waals surface area contributed by atoms with Crippen LogP contribution >= 0.6 is 0 Å². The van der Waals surface area contributed by atoms with Crippen molar-refractivity contribution in [2.75, 3.05) is 27.2 Å². The topological polar surface area (TPSA) is 74.5 Å². The van der Waals surface area contributed by atoms with Crippen molar-refractivity contribution in [3.8, 4) is 0 Å². The van der Waals surface area contributed by atoms with E-state index in [0.29, 0.717) is 12.0 Å². The Morgan fingerprint density at radius 1 is 1.35 bits per heavy atom. The van der Waals surface area contributed by atoms with Gasteiger partial charge in [0.15, 0.2) is 0 Å². The third-order valence-corrected chi connectivity index (χ3v) is 6.73.